The highest BCUT2D eigenvalue weighted by molar-refractivity contribution is 4.76. The summed E-state index contributed by atoms with van der Waals surface area (Å²) in [5.74, 6) is 1.75. The smallest absolute Gasteiger partial charge is 0.00924 e. The monoisotopic (exact) mass is 282 g/mol. The van der Waals surface area contributed by atoms with Gasteiger partial charge in [0.2, 0.25) is 0 Å². The van der Waals surface area contributed by atoms with Crippen LogP contribution in [0.1, 0.15) is 72.1 Å². The molecule has 1 aliphatic rings. The van der Waals surface area contributed by atoms with Gasteiger partial charge < -0.3 is 10.2 Å². The first-order valence-electron chi connectivity index (χ1n) is 9.00. The van der Waals surface area contributed by atoms with Crippen LogP contribution < -0.4 is 5.32 Å². The Balaban J connectivity index is 1.90. The average Bonchev–Trinajstić information content (AvgIpc) is 2.42. The summed E-state index contributed by atoms with van der Waals surface area (Å²) in [5, 5.41) is 3.53. The van der Waals surface area contributed by atoms with Crippen LogP contribution in [0.3, 0.4) is 0 Å². The average molecular weight is 283 g/mol. The van der Waals surface area contributed by atoms with Gasteiger partial charge in [0.1, 0.15) is 0 Å². The van der Waals surface area contributed by atoms with E-state index in [0.29, 0.717) is 0 Å². The molecule has 0 bridgehead atoms. The van der Waals surface area contributed by atoms with Gasteiger partial charge in [-0.1, -0.05) is 33.6 Å². The fraction of sp³-hybridized carbons (Fsp3) is 1.00. The van der Waals surface area contributed by atoms with Crippen molar-refractivity contribution >= 4 is 0 Å². The quantitative estimate of drug-likeness (QED) is 0.601. The Morgan fingerprint density at radius 2 is 1.65 bits per heavy atom. The summed E-state index contributed by atoms with van der Waals surface area (Å²) < 4.78 is 0. The van der Waals surface area contributed by atoms with Gasteiger partial charge in [0.25, 0.3) is 0 Å². The Morgan fingerprint density at radius 3 is 2.30 bits per heavy atom. The molecule has 0 unspecified atom stereocenters. The van der Waals surface area contributed by atoms with Gasteiger partial charge in [-0.25, -0.2) is 0 Å². The number of nitrogens with one attached hydrogen (secondary N) is 1. The number of nitrogens with zero attached hydrogens (tertiary/aromatic N) is 1. The van der Waals surface area contributed by atoms with Crippen molar-refractivity contribution < 1.29 is 0 Å². The van der Waals surface area contributed by atoms with E-state index < -0.39 is 0 Å². The van der Waals surface area contributed by atoms with Crippen LogP contribution >= 0.6 is 0 Å². The summed E-state index contributed by atoms with van der Waals surface area (Å²) in [4.78, 5) is 2.63. The second-order valence-corrected chi connectivity index (χ2v) is 7.41. The Hall–Kier alpha value is -0.0800. The molecule has 2 nitrogen and oxygen atoms in total. The summed E-state index contributed by atoms with van der Waals surface area (Å²) >= 11 is 0. The molecule has 1 saturated carbocycles. The standard InChI is InChI=1S/C18H38N2/c1-16(2)15-19-13-7-5-6-8-14-20(4)18-11-9-17(3)10-12-18/h16-19H,5-15H2,1-4H3. The van der Waals surface area contributed by atoms with Crippen molar-refractivity contribution in [2.24, 2.45) is 11.8 Å². The zero-order valence-electron chi connectivity index (χ0n) is 14.5. The van der Waals surface area contributed by atoms with Gasteiger partial charge in [-0.2, -0.15) is 0 Å². The fourth-order valence-corrected chi connectivity index (χ4v) is 3.22. The predicted octanol–water partition coefficient (Wildman–Crippen LogP) is 4.30. The van der Waals surface area contributed by atoms with Crippen LogP contribution in [0.4, 0.5) is 0 Å². The van der Waals surface area contributed by atoms with Gasteiger partial charge in [-0.05, 0) is 77.0 Å². The molecule has 1 fully saturated rings. The minimum atomic E-state index is 0.780. The zero-order valence-corrected chi connectivity index (χ0v) is 14.5. The van der Waals surface area contributed by atoms with Crippen molar-refractivity contribution in [1.29, 1.82) is 0 Å². The first-order chi connectivity index (χ1) is 9.59. The van der Waals surface area contributed by atoms with Crippen molar-refractivity contribution in [2.45, 2.75) is 78.2 Å². The van der Waals surface area contributed by atoms with Gasteiger partial charge in [-0.3, -0.25) is 0 Å². The highest BCUT2D eigenvalue weighted by Crippen LogP contribution is 2.26. The van der Waals surface area contributed by atoms with E-state index in [9.17, 15) is 0 Å². The van der Waals surface area contributed by atoms with E-state index in [0.717, 1.165) is 17.9 Å². The number of unbranched alkanes of at least 4 members (excludes halogenated alkanes) is 3. The fourth-order valence-electron chi connectivity index (χ4n) is 3.22. The van der Waals surface area contributed by atoms with Gasteiger partial charge in [-0.15, -0.1) is 0 Å². The normalized spacial score (nSPS) is 23.7. The molecule has 0 aromatic carbocycles. The minimum Gasteiger partial charge on any atom is -0.316 e. The van der Waals surface area contributed by atoms with Gasteiger partial charge in [0, 0.05) is 6.04 Å². The maximum Gasteiger partial charge on any atom is 0.00924 e. The van der Waals surface area contributed by atoms with E-state index in [4.69, 9.17) is 0 Å². The van der Waals surface area contributed by atoms with Crippen LogP contribution in [0.25, 0.3) is 0 Å². The summed E-state index contributed by atoms with van der Waals surface area (Å²) in [5.41, 5.74) is 0. The third-order valence-electron chi connectivity index (χ3n) is 4.78. The lowest BCUT2D eigenvalue weighted by Gasteiger charge is -2.33. The van der Waals surface area contributed by atoms with Gasteiger partial charge >= 0.3 is 0 Å². The molecule has 120 valence electrons. The molecule has 2 heteroatoms. The molecule has 0 atom stereocenters. The molecule has 0 radical (unpaired) electrons. The summed E-state index contributed by atoms with van der Waals surface area (Å²) in [6.07, 6.45) is 11.3. The van der Waals surface area contributed by atoms with E-state index >= 15 is 0 Å². The number of hydrogen-bond acceptors (Lipinski definition) is 2. The molecule has 0 spiro atoms. The zero-order chi connectivity index (χ0) is 14.8. The molecule has 20 heavy (non-hydrogen) atoms. The minimum absolute atomic E-state index is 0.780. The maximum absolute atomic E-state index is 3.53. The lowest BCUT2D eigenvalue weighted by molar-refractivity contribution is 0.167. The molecule has 0 heterocycles. The Morgan fingerprint density at radius 1 is 1.00 bits per heavy atom. The second-order valence-electron chi connectivity index (χ2n) is 7.41. The van der Waals surface area contributed by atoms with Gasteiger partial charge in [0.15, 0.2) is 0 Å². The summed E-state index contributed by atoms with van der Waals surface area (Å²) in [7, 11) is 2.34. The molecular weight excluding hydrogens is 244 g/mol. The first-order valence-corrected chi connectivity index (χ1v) is 9.00. The van der Waals surface area contributed by atoms with Crippen LogP contribution in [0.2, 0.25) is 0 Å². The number of hydrogen-bond donors (Lipinski definition) is 1. The largest absolute Gasteiger partial charge is 0.316 e. The Kier molecular flexibility index (Phi) is 9.54. The van der Waals surface area contributed by atoms with E-state index in [2.05, 4.69) is 38.0 Å². The predicted molar refractivity (Wildman–Crippen MR) is 90.2 cm³/mol. The molecular formula is C18H38N2. The van der Waals surface area contributed by atoms with Crippen LogP contribution in [0, 0.1) is 11.8 Å². The Labute approximate surface area is 127 Å². The third kappa shape index (κ3) is 8.26. The van der Waals surface area contributed by atoms with E-state index in [-0.39, 0.29) is 0 Å². The second kappa shape index (κ2) is 10.6. The first kappa shape index (κ1) is 18.0. The van der Waals surface area contributed by atoms with Crippen molar-refractivity contribution in [3.63, 3.8) is 0 Å². The van der Waals surface area contributed by atoms with Crippen molar-refractivity contribution in [2.75, 3.05) is 26.7 Å². The van der Waals surface area contributed by atoms with Gasteiger partial charge in [0.05, 0.1) is 0 Å². The van der Waals surface area contributed by atoms with Crippen LogP contribution in [-0.2, 0) is 0 Å². The summed E-state index contributed by atoms with van der Waals surface area (Å²) in [6.45, 7) is 10.6. The van der Waals surface area contributed by atoms with Crippen LogP contribution in [0.15, 0.2) is 0 Å². The molecule has 0 saturated heterocycles. The van der Waals surface area contributed by atoms with Crippen molar-refractivity contribution in [3.05, 3.63) is 0 Å². The van der Waals surface area contributed by atoms with Crippen LogP contribution in [-0.4, -0.2) is 37.6 Å². The topological polar surface area (TPSA) is 15.3 Å². The highest BCUT2D eigenvalue weighted by Gasteiger charge is 2.20. The van der Waals surface area contributed by atoms with E-state index in [1.165, 1.54) is 71.0 Å². The molecule has 1 rings (SSSR count). The third-order valence-corrected chi connectivity index (χ3v) is 4.78. The molecule has 1 N–H and O–H groups in total. The summed E-state index contributed by atoms with van der Waals surface area (Å²) in [6, 6.07) is 0.874. The number of rotatable bonds is 10. The molecule has 1 aliphatic carbocycles. The van der Waals surface area contributed by atoms with Crippen LogP contribution in [0.5, 0.6) is 0 Å². The SMILES string of the molecule is CC(C)CNCCCCCCN(C)C1CCC(C)CC1. The van der Waals surface area contributed by atoms with E-state index in [1.807, 2.05) is 0 Å². The lowest BCUT2D eigenvalue weighted by atomic mass is 9.87. The van der Waals surface area contributed by atoms with Crippen molar-refractivity contribution in [3.8, 4) is 0 Å². The molecule has 0 aliphatic heterocycles. The maximum atomic E-state index is 3.53. The lowest BCUT2D eigenvalue weighted by Crippen LogP contribution is -2.35. The van der Waals surface area contributed by atoms with E-state index in [1.54, 1.807) is 0 Å². The molecule has 0 amide bonds. The molecule has 0 aromatic rings. The molecule has 0 aromatic heterocycles. The Bertz CT molecular complexity index is 219. The van der Waals surface area contributed by atoms with Crippen molar-refractivity contribution in [1.82, 2.24) is 10.2 Å². The highest BCUT2D eigenvalue weighted by atomic mass is 15.1.